The molecule has 2 heterocycles. The first-order valence-electron chi connectivity index (χ1n) is 10.3. The van der Waals surface area contributed by atoms with E-state index in [0.717, 1.165) is 28.6 Å². The molecule has 1 aromatic heterocycles. The van der Waals surface area contributed by atoms with E-state index >= 15 is 0 Å². The van der Waals surface area contributed by atoms with Crippen molar-refractivity contribution >= 4 is 34.4 Å². The van der Waals surface area contributed by atoms with Crippen LogP contribution in [0.1, 0.15) is 27.9 Å². The number of H-pyrrole nitrogens is 1. The minimum absolute atomic E-state index is 0.0332. The summed E-state index contributed by atoms with van der Waals surface area (Å²) in [6.45, 7) is 5.97. The molecule has 0 atom stereocenters. The third-order valence-corrected chi connectivity index (χ3v) is 6.17. The molecule has 2 amide bonds. The highest BCUT2D eigenvalue weighted by Gasteiger charge is 2.23. The van der Waals surface area contributed by atoms with Gasteiger partial charge in [-0.25, -0.2) is 4.98 Å². The summed E-state index contributed by atoms with van der Waals surface area (Å²) in [4.78, 5) is 36.4. The SMILES string of the molecule is Cc1cc(OCC(=O)N2CCCN(C(=O)c3ccc4nc[nH]c4c3)CC2)cc(C)c1Cl. The standard InChI is InChI=1S/C23H25ClN4O3/c1-15-10-18(11-16(2)22(15)24)31-13-21(29)27-6-3-7-28(9-8-27)23(30)17-4-5-19-20(12-17)26-14-25-19/h4-5,10-12,14H,3,6-9,13H2,1-2H3,(H,25,26). The van der Waals surface area contributed by atoms with Gasteiger partial charge in [0, 0.05) is 36.8 Å². The Morgan fingerprint density at radius 3 is 2.55 bits per heavy atom. The van der Waals surface area contributed by atoms with E-state index in [9.17, 15) is 9.59 Å². The Kier molecular flexibility index (Phi) is 6.13. The molecule has 0 saturated carbocycles. The maximum absolute atomic E-state index is 12.9. The fourth-order valence-corrected chi connectivity index (χ4v) is 3.96. The van der Waals surface area contributed by atoms with Gasteiger partial charge in [0.1, 0.15) is 5.75 Å². The van der Waals surface area contributed by atoms with Crippen molar-refractivity contribution in [2.75, 3.05) is 32.8 Å². The highest BCUT2D eigenvalue weighted by molar-refractivity contribution is 6.32. The van der Waals surface area contributed by atoms with Crippen LogP contribution in [-0.2, 0) is 4.79 Å². The van der Waals surface area contributed by atoms with Gasteiger partial charge in [-0.3, -0.25) is 9.59 Å². The third-order valence-electron chi connectivity index (χ3n) is 5.58. The molecule has 31 heavy (non-hydrogen) atoms. The van der Waals surface area contributed by atoms with Crippen LogP contribution in [0.25, 0.3) is 11.0 Å². The number of ether oxygens (including phenoxy) is 1. The van der Waals surface area contributed by atoms with E-state index in [4.69, 9.17) is 16.3 Å². The summed E-state index contributed by atoms with van der Waals surface area (Å²) < 4.78 is 5.72. The van der Waals surface area contributed by atoms with Crippen LogP contribution in [0.2, 0.25) is 5.02 Å². The Balaban J connectivity index is 1.34. The molecule has 3 aromatic rings. The van der Waals surface area contributed by atoms with E-state index in [-0.39, 0.29) is 18.4 Å². The molecule has 0 unspecified atom stereocenters. The van der Waals surface area contributed by atoms with Crippen molar-refractivity contribution in [3.63, 3.8) is 0 Å². The lowest BCUT2D eigenvalue weighted by Crippen LogP contribution is -2.39. The van der Waals surface area contributed by atoms with Gasteiger partial charge in [0.25, 0.3) is 11.8 Å². The van der Waals surface area contributed by atoms with Crippen LogP contribution in [0.5, 0.6) is 5.75 Å². The Bertz CT molecular complexity index is 1100. The molecule has 1 aliphatic heterocycles. The second-order valence-corrected chi connectivity index (χ2v) is 8.20. The molecular formula is C23H25ClN4O3. The number of rotatable bonds is 4. The molecule has 4 rings (SSSR count). The number of imidazole rings is 1. The monoisotopic (exact) mass is 440 g/mol. The number of hydrogen-bond acceptors (Lipinski definition) is 4. The Morgan fingerprint density at radius 1 is 1.06 bits per heavy atom. The first kappa shape index (κ1) is 21.2. The number of benzene rings is 2. The average molecular weight is 441 g/mol. The summed E-state index contributed by atoms with van der Waals surface area (Å²) in [5.74, 6) is 0.515. The fraction of sp³-hybridized carbons (Fsp3) is 0.348. The quantitative estimate of drug-likeness (QED) is 0.672. The second-order valence-electron chi connectivity index (χ2n) is 7.82. The van der Waals surface area contributed by atoms with E-state index in [1.54, 1.807) is 22.2 Å². The first-order chi connectivity index (χ1) is 14.9. The predicted octanol–water partition coefficient (Wildman–Crippen LogP) is 3.59. The van der Waals surface area contributed by atoms with Gasteiger partial charge in [-0.1, -0.05) is 11.6 Å². The molecule has 0 aliphatic carbocycles. The number of fused-ring (bicyclic) bond motifs is 1. The summed E-state index contributed by atoms with van der Waals surface area (Å²) >= 11 is 6.19. The van der Waals surface area contributed by atoms with E-state index in [2.05, 4.69) is 9.97 Å². The number of aryl methyl sites for hydroxylation is 2. The number of halogens is 1. The van der Waals surface area contributed by atoms with Crippen molar-refractivity contribution in [3.05, 3.63) is 58.4 Å². The number of nitrogens with zero attached hydrogens (tertiary/aromatic N) is 3. The highest BCUT2D eigenvalue weighted by atomic mass is 35.5. The van der Waals surface area contributed by atoms with Crippen LogP contribution in [-0.4, -0.2) is 64.4 Å². The molecule has 162 valence electrons. The lowest BCUT2D eigenvalue weighted by Gasteiger charge is -2.22. The fourth-order valence-electron chi connectivity index (χ4n) is 3.85. The minimum Gasteiger partial charge on any atom is -0.484 e. The molecular weight excluding hydrogens is 416 g/mol. The number of carbonyl (C=O) groups is 2. The molecule has 1 saturated heterocycles. The van der Waals surface area contributed by atoms with Gasteiger partial charge < -0.3 is 19.5 Å². The van der Waals surface area contributed by atoms with Crippen LogP contribution in [0.15, 0.2) is 36.7 Å². The van der Waals surface area contributed by atoms with Gasteiger partial charge in [-0.2, -0.15) is 0 Å². The summed E-state index contributed by atoms with van der Waals surface area (Å²) in [6, 6.07) is 9.12. The molecule has 8 heteroatoms. The second kappa shape index (κ2) is 8.98. The zero-order valence-electron chi connectivity index (χ0n) is 17.7. The van der Waals surface area contributed by atoms with Crippen molar-refractivity contribution in [1.82, 2.24) is 19.8 Å². The number of amides is 2. The molecule has 0 bridgehead atoms. The van der Waals surface area contributed by atoms with Crippen LogP contribution in [0.4, 0.5) is 0 Å². The molecule has 1 fully saturated rings. The predicted molar refractivity (Wildman–Crippen MR) is 120 cm³/mol. The number of carbonyl (C=O) groups excluding carboxylic acids is 2. The molecule has 7 nitrogen and oxygen atoms in total. The molecule has 0 spiro atoms. The zero-order chi connectivity index (χ0) is 22.0. The van der Waals surface area contributed by atoms with E-state index < -0.39 is 0 Å². The van der Waals surface area contributed by atoms with E-state index in [1.165, 1.54) is 0 Å². The smallest absolute Gasteiger partial charge is 0.260 e. The van der Waals surface area contributed by atoms with Gasteiger partial charge in [0.2, 0.25) is 0 Å². The normalized spacial score (nSPS) is 14.5. The third kappa shape index (κ3) is 4.66. The Labute approximate surface area is 186 Å². The summed E-state index contributed by atoms with van der Waals surface area (Å²) in [5.41, 5.74) is 4.12. The topological polar surface area (TPSA) is 78.5 Å². The summed E-state index contributed by atoms with van der Waals surface area (Å²) in [5, 5.41) is 0.711. The van der Waals surface area contributed by atoms with Crippen LogP contribution in [0.3, 0.4) is 0 Å². The molecule has 1 aliphatic rings. The maximum Gasteiger partial charge on any atom is 0.260 e. The van der Waals surface area contributed by atoms with Gasteiger partial charge in [-0.15, -0.1) is 0 Å². The Morgan fingerprint density at radius 2 is 1.77 bits per heavy atom. The highest BCUT2D eigenvalue weighted by Crippen LogP contribution is 2.26. The lowest BCUT2D eigenvalue weighted by molar-refractivity contribution is -0.133. The lowest BCUT2D eigenvalue weighted by atomic mass is 10.1. The van der Waals surface area contributed by atoms with Crippen LogP contribution < -0.4 is 4.74 Å². The zero-order valence-corrected chi connectivity index (χ0v) is 18.4. The van der Waals surface area contributed by atoms with Crippen LogP contribution in [0, 0.1) is 13.8 Å². The van der Waals surface area contributed by atoms with Gasteiger partial charge in [0.15, 0.2) is 6.61 Å². The van der Waals surface area contributed by atoms with Crippen molar-refractivity contribution in [3.8, 4) is 5.75 Å². The van der Waals surface area contributed by atoms with Crippen molar-refractivity contribution < 1.29 is 14.3 Å². The molecule has 0 radical (unpaired) electrons. The number of nitrogens with one attached hydrogen (secondary N) is 1. The summed E-state index contributed by atoms with van der Waals surface area (Å²) in [6.07, 6.45) is 2.34. The number of aromatic nitrogens is 2. The van der Waals surface area contributed by atoms with Crippen molar-refractivity contribution in [2.45, 2.75) is 20.3 Å². The van der Waals surface area contributed by atoms with Gasteiger partial charge in [0.05, 0.1) is 17.4 Å². The maximum atomic E-state index is 12.9. The largest absolute Gasteiger partial charge is 0.484 e. The average Bonchev–Trinajstić information content (AvgIpc) is 3.09. The summed E-state index contributed by atoms with van der Waals surface area (Å²) in [7, 11) is 0. The first-order valence-corrected chi connectivity index (χ1v) is 10.7. The molecule has 1 N–H and O–H groups in total. The van der Waals surface area contributed by atoms with Crippen LogP contribution >= 0.6 is 11.6 Å². The number of aromatic amines is 1. The van der Waals surface area contributed by atoms with Crippen molar-refractivity contribution in [2.24, 2.45) is 0 Å². The molecule has 2 aromatic carbocycles. The number of hydrogen-bond donors (Lipinski definition) is 1. The van der Waals surface area contributed by atoms with Crippen molar-refractivity contribution in [1.29, 1.82) is 0 Å². The van der Waals surface area contributed by atoms with E-state index in [0.29, 0.717) is 42.5 Å². The minimum atomic E-state index is -0.0848. The van der Waals surface area contributed by atoms with E-state index in [1.807, 2.05) is 38.1 Å². The van der Waals surface area contributed by atoms with Gasteiger partial charge >= 0.3 is 0 Å². The van der Waals surface area contributed by atoms with Gasteiger partial charge in [-0.05, 0) is 61.7 Å². The Hall–Kier alpha value is -3.06.